The molecule has 18 heteroatoms. The van der Waals surface area contributed by atoms with Crippen molar-refractivity contribution in [2.75, 3.05) is 92.8 Å². The molecule has 378 valence electrons. The van der Waals surface area contributed by atoms with Gasteiger partial charge < -0.3 is 49.7 Å². The molecular weight excluding hydrogens is 875 g/mol. The minimum atomic E-state index is -1.07. The summed E-state index contributed by atoms with van der Waals surface area (Å²) >= 11 is 0. The lowest BCUT2D eigenvalue weighted by molar-refractivity contribution is -0.134. The third kappa shape index (κ3) is 21.6. The molecule has 0 radical (unpaired) electrons. The highest BCUT2D eigenvalue weighted by Gasteiger charge is 2.49. The normalized spacial score (nSPS) is 18.0. The number of amides is 5. The van der Waals surface area contributed by atoms with Crippen molar-refractivity contribution in [3.8, 4) is 0 Å². The Labute approximate surface area is 402 Å². The van der Waals surface area contributed by atoms with Crippen LogP contribution in [0, 0.1) is 11.8 Å². The smallest absolute Gasteiger partial charge is 0.243 e. The summed E-state index contributed by atoms with van der Waals surface area (Å²) in [6, 6.07) is 15.3. The Morgan fingerprint density at radius 2 is 1.18 bits per heavy atom. The van der Waals surface area contributed by atoms with Crippen LogP contribution < -0.4 is 26.7 Å². The lowest BCUT2D eigenvalue weighted by Crippen LogP contribution is -2.59. The van der Waals surface area contributed by atoms with Crippen molar-refractivity contribution >= 4 is 35.2 Å². The first-order valence-electron chi connectivity index (χ1n) is 24.1. The van der Waals surface area contributed by atoms with Gasteiger partial charge in [-0.25, -0.2) is 5.43 Å². The number of aryl methyl sites for hydroxylation is 1. The van der Waals surface area contributed by atoms with Crippen LogP contribution >= 0.6 is 0 Å². The zero-order valence-corrected chi connectivity index (χ0v) is 41.1. The number of ether oxygens (including phenoxy) is 6. The van der Waals surface area contributed by atoms with Crippen molar-refractivity contribution in [2.24, 2.45) is 16.9 Å². The standard InChI is InChI=1S/C50H77N7O11/c1-36(2)31-41(46(50(5)35-68-50)56-55-44(58)19-22-64-27-28-67-30-29-66-26-25-63-6)52-49(62)43(33-39-15-11-8-12-16-39)54-48(61)42(32-37(3)4)53-47(60)40(18-17-38-13-9-7-10-14-38)51-45(59)34-57-20-23-65-24-21-57/h7-16,36-37,40-43H,17-35H2,1-6H3,(H,51,59)(H,52,62)(H,53,60)(H,54,61)(H,55,58)/b56-46-/t40-,41?,42-,43-,50+/m0/s1. The second-order valence-corrected chi connectivity index (χ2v) is 18.3. The monoisotopic (exact) mass is 952 g/mol. The number of nitrogens with zero attached hydrogens (tertiary/aromatic N) is 2. The Morgan fingerprint density at radius 3 is 1.76 bits per heavy atom. The van der Waals surface area contributed by atoms with E-state index in [4.69, 9.17) is 28.4 Å². The fourth-order valence-electron chi connectivity index (χ4n) is 7.56. The number of morpholine rings is 1. The summed E-state index contributed by atoms with van der Waals surface area (Å²) in [6.45, 7) is 15.2. The van der Waals surface area contributed by atoms with Gasteiger partial charge in [0.15, 0.2) is 0 Å². The molecule has 18 nitrogen and oxygen atoms in total. The molecular formula is C50H77N7O11. The first kappa shape index (κ1) is 55.8. The van der Waals surface area contributed by atoms with E-state index < -0.39 is 47.5 Å². The first-order valence-corrected chi connectivity index (χ1v) is 24.1. The third-order valence-electron chi connectivity index (χ3n) is 11.4. The Kier molecular flexibility index (Phi) is 25.1. The van der Waals surface area contributed by atoms with Crippen LogP contribution in [-0.4, -0.2) is 163 Å². The number of hydrazone groups is 1. The second-order valence-electron chi connectivity index (χ2n) is 18.3. The molecule has 0 aromatic heterocycles. The molecule has 0 spiro atoms. The minimum absolute atomic E-state index is 0.0163. The topological polar surface area (TPSA) is 220 Å². The van der Waals surface area contributed by atoms with Gasteiger partial charge in [0, 0.05) is 26.6 Å². The molecule has 2 aromatic rings. The molecule has 0 bridgehead atoms. The maximum Gasteiger partial charge on any atom is 0.243 e. The van der Waals surface area contributed by atoms with Crippen LogP contribution in [0.5, 0.6) is 0 Å². The number of methoxy groups -OCH3 is 1. The predicted molar refractivity (Wildman–Crippen MR) is 258 cm³/mol. The van der Waals surface area contributed by atoms with E-state index in [2.05, 4.69) is 31.8 Å². The molecule has 5 N–H and O–H groups in total. The number of epoxide rings is 1. The molecule has 0 aliphatic carbocycles. The van der Waals surface area contributed by atoms with Crippen LogP contribution in [0.4, 0.5) is 0 Å². The summed E-state index contributed by atoms with van der Waals surface area (Å²) in [4.78, 5) is 71.5. The largest absolute Gasteiger partial charge is 0.382 e. The van der Waals surface area contributed by atoms with Gasteiger partial charge in [-0.1, -0.05) is 88.4 Å². The van der Waals surface area contributed by atoms with Crippen LogP contribution in [0.3, 0.4) is 0 Å². The molecule has 2 aromatic carbocycles. The average molecular weight is 952 g/mol. The molecule has 1 unspecified atom stereocenters. The van der Waals surface area contributed by atoms with Gasteiger partial charge in [-0.05, 0) is 55.6 Å². The number of carbonyl (C=O) groups is 5. The summed E-state index contributed by atoms with van der Waals surface area (Å²) in [5, 5.41) is 16.5. The van der Waals surface area contributed by atoms with Crippen LogP contribution in [0.25, 0.3) is 0 Å². The Bertz CT molecular complexity index is 1840. The third-order valence-corrected chi connectivity index (χ3v) is 11.4. The molecule has 2 fully saturated rings. The number of benzene rings is 2. The Morgan fingerprint density at radius 1 is 0.662 bits per heavy atom. The number of carbonyl (C=O) groups excluding carboxylic acids is 5. The Hall–Kier alpha value is -4.82. The van der Waals surface area contributed by atoms with E-state index in [9.17, 15) is 24.0 Å². The molecule has 2 heterocycles. The number of nitrogens with one attached hydrogen (secondary N) is 5. The molecule has 5 atom stereocenters. The molecule has 68 heavy (non-hydrogen) atoms. The van der Waals surface area contributed by atoms with Gasteiger partial charge in [0.1, 0.15) is 23.7 Å². The summed E-state index contributed by atoms with van der Waals surface area (Å²) in [5.74, 6) is -2.10. The van der Waals surface area contributed by atoms with Crippen molar-refractivity contribution in [2.45, 2.75) is 103 Å². The molecule has 0 saturated carbocycles. The maximum atomic E-state index is 14.6. The quantitative estimate of drug-likeness (QED) is 0.0302. The zero-order valence-electron chi connectivity index (χ0n) is 41.1. The fourth-order valence-corrected chi connectivity index (χ4v) is 7.56. The molecule has 4 rings (SSSR count). The highest BCUT2D eigenvalue weighted by molar-refractivity contribution is 6.02. The van der Waals surface area contributed by atoms with Gasteiger partial charge >= 0.3 is 0 Å². The van der Waals surface area contributed by atoms with Crippen LogP contribution in [0.15, 0.2) is 65.8 Å². The minimum Gasteiger partial charge on any atom is -0.382 e. The highest BCUT2D eigenvalue weighted by Crippen LogP contribution is 2.31. The van der Waals surface area contributed by atoms with Crippen molar-refractivity contribution < 1.29 is 52.4 Å². The van der Waals surface area contributed by atoms with E-state index in [1.165, 1.54) is 0 Å². The molecule has 2 aliphatic heterocycles. The van der Waals surface area contributed by atoms with Gasteiger partial charge in [-0.3, -0.25) is 28.9 Å². The molecule has 5 amide bonds. The average Bonchev–Trinajstić information content (AvgIpc) is 4.06. The highest BCUT2D eigenvalue weighted by atomic mass is 16.6. The number of hydrogen-bond donors (Lipinski definition) is 5. The first-order chi connectivity index (χ1) is 32.8. The molecule has 2 saturated heterocycles. The van der Waals surface area contributed by atoms with E-state index in [-0.39, 0.29) is 56.1 Å². The van der Waals surface area contributed by atoms with E-state index in [1.54, 1.807) is 7.11 Å². The number of hydrogen-bond acceptors (Lipinski definition) is 13. The lowest BCUT2D eigenvalue weighted by atomic mass is 9.92. The van der Waals surface area contributed by atoms with E-state index in [0.29, 0.717) is 97.5 Å². The lowest BCUT2D eigenvalue weighted by Gasteiger charge is -2.29. The SMILES string of the molecule is COCCOCCOCCOCCC(=O)N/N=C(/C(CC(C)C)NC(=O)[C@H](Cc1ccccc1)NC(=O)[C@H](CC(C)C)NC(=O)[C@H](CCc1ccccc1)NC(=O)CN1CCOCC1)[C@@]1(C)CO1. The molecule has 2 aliphatic rings. The van der Waals surface area contributed by atoms with Crippen molar-refractivity contribution in [1.82, 2.24) is 31.6 Å². The van der Waals surface area contributed by atoms with Crippen LogP contribution in [0.1, 0.15) is 71.4 Å². The van der Waals surface area contributed by atoms with Crippen molar-refractivity contribution in [1.29, 1.82) is 0 Å². The fraction of sp³-hybridized carbons (Fsp3) is 0.640. The summed E-state index contributed by atoms with van der Waals surface area (Å²) < 4.78 is 32.6. The van der Waals surface area contributed by atoms with Crippen LogP contribution in [-0.2, 0) is 65.2 Å². The summed E-state index contributed by atoms with van der Waals surface area (Å²) in [7, 11) is 1.61. The van der Waals surface area contributed by atoms with Gasteiger partial charge in [0.2, 0.25) is 29.5 Å². The van der Waals surface area contributed by atoms with E-state index in [1.807, 2.05) is 100 Å². The van der Waals surface area contributed by atoms with E-state index >= 15 is 0 Å². The van der Waals surface area contributed by atoms with Gasteiger partial charge in [-0.2, -0.15) is 5.10 Å². The van der Waals surface area contributed by atoms with Gasteiger partial charge in [0.25, 0.3) is 0 Å². The zero-order chi connectivity index (χ0) is 49.2. The van der Waals surface area contributed by atoms with Gasteiger partial charge in [0.05, 0.1) is 90.8 Å². The maximum absolute atomic E-state index is 14.6. The second kappa shape index (κ2) is 30.6. The predicted octanol–water partition coefficient (Wildman–Crippen LogP) is 2.57. The Balaban J connectivity index is 1.46. The van der Waals surface area contributed by atoms with E-state index in [0.717, 1.165) is 11.1 Å². The van der Waals surface area contributed by atoms with Crippen molar-refractivity contribution in [3.05, 3.63) is 71.8 Å². The number of rotatable bonds is 33. The summed E-state index contributed by atoms with van der Waals surface area (Å²) in [6.07, 6.45) is 1.75. The van der Waals surface area contributed by atoms with Gasteiger partial charge in [-0.15, -0.1) is 0 Å². The summed E-state index contributed by atoms with van der Waals surface area (Å²) in [5.41, 5.74) is 4.07. The van der Waals surface area contributed by atoms with Crippen LogP contribution in [0.2, 0.25) is 0 Å². The van der Waals surface area contributed by atoms with Crippen molar-refractivity contribution in [3.63, 3.8) is 0 Å².